The highest BCUT2D eigenvalue weighted by Gasteiger charge is 2.51. The summed E-state index contributed by atoms with van der Waals surface area (Å²) in [5, 5.41) is 19.8. The normalized spacial score (nSPS) is 24.2. The lowest BCUT2D eigenvalue weighted by atomic mass is 9.96. The van der Waals surface area contributed by atoms with Crippen LogP contribution in [0.2, 0.25) is 0 Å². The molecule has 2 fully saturated rings. The number of carbonyl (C=O) groups is 2. The Hall–Kier alpha value is -3.44. The van der Waals surface area contributed by atoms with Crippen molar-refractivity contribution in [3.05, 3.63) is 71.3 Å². The molecule has 0 bridgehead atoms. The number of methoxy groups -OCH3 is 2. The van der Waals surface area contributed by atoms with Crippen LogP contribution in [-0.2, 0) is 18.9 Å². The minimum Gasteiger partial charge on any atom is -0.497 e. The molecule has 10 nitrogen and oxygen atoms in total. The molecule has 1 aliphatic heterocycles. The lowest BCUT2D eigenvalue weighted by molar-refractivity contribution is -0.153. The lowest BCUT2D eigenvalue weighted by Crippen LogP contribution is -2.38. The van der Waals surface area contributed by atoms with Gasteiger partial charge in [-0.15, -0.1) is 0 Å². The van der Waals surface area contributed by atoms with E-state index in [4.69, 9.17) is 28.4 Å². The van der Waals surface area contributed by atoms with E-state index < -0.39 is 42.1 Å². The van der Waals surface area contributed by atoms with Crippen LogP contribution < -0.4 is 9.47 Å². The van der Waals surface area contributed by atoms with E-state index in [0.717, 1.165) is 6.42 Å². The third-order valence-corrected chi connectivity index (χ3v) is 7.35. The van der Waals surface area contributed by atoms with E-state index in [0.29, 0.717) is 29.7 Å². The Morgan fingerprint density at radius 2 is 1.88 bits per heavy atom. The number of benzene rings is 2. The number of carbonyl (C=O) groups excluding carboxylic acids is 1. The Morgan fingerprint density at radius 3 is 2.52 bits per heavy atom. The van der Waals surface area contributed by atoms with E-state index >= 15 is 0 Å². The molecule has 6 atom stereocenters. The second kappa shape index (κ2) is 13.7. The number of aliphatic hydroxyl groups is 1. The Bertz CT molecular complexity index is 1260. The first-order valence-corrected chi connectivity index (χ1v) is 14.1. The second-order valence-corrected chi connectivity index (χ2v) is 11.2. The number of hydrogen-bond acceptors (Lipinski definition) is 9. The number of carboxylic acids is 1. The van der Waals surface area contributed by atoms with Crippen molar-refractivity contribution in [3.8, 4) is 11.5 Å². The summed E-state index contributed by atoms with van der Waals surface area (Å²) < 4.78 is 34.5. The van der Waals surface area contributed by atoms with E-state index in [1.165, 1.54) is 14.2 Å². The van der Waals surface area contributed by atoms with Crippen LogP contribution in [0.5, 0.6) is 11.5 Å². The molecule has 4 rings (SSSR count). The van der Waals surface area contributed by atoms with Gasteiger partial charge in [-0.1, -0.05) is 24.3 Å². The van der Waals surface area contributed by atoms with E-state index in [2.05, 4.69) is 0 Å². The minimum absolute atomic E-state index is 0.0693. The Kier molecular flexibility index (Phi) is 10.3. The van der Waals surface area contributed by atoms with Crippen LogP contribution in [0.15, 0.2) is 54.6 Å². The van der Waals surface area contributed by atoms with E-state index in [1.54, 1.807) is 55.5 Å². The van der Waals surface area contributed by atoms with Gasteiger partial charge in [0, 0.05) is 13.2 Å². The number of rotatable bonds is 14. The molecule has 2 aromatic rings. The summed E-state index contributed by atoms with van der Waals surface area (Å²) in [5.74, 6) is -1.84. The van der Waals surface area contributed by atoms with Crippen molar-refractivity contribution in [1.82, 2.24) is 0 Å². The maximum absolute atomic E-state index is 13.0. The number of aromatic carboxylic acids is 1. The van der Waals surface area contributed by atoms with Gasteiger partial charge in [0.05, 0.1) is 24.9 Å². The van der Waals surface area contributed by atoms with Crippen molar-refractivity contribution >= 4 is 11.9 Å². The summed E-state index contributed by atoms with van der Waals surface area (Å²) in [4.78, 5) is 25.3. The average Bonchev–Trinajstić information content (AvgIpc) is 3.64. The van der Waals surface area contributed by atoms with Gasteiger partial charge in [-0.3, -0.25) is 0 Å². The molecule has 2 N–H and O–H groups in total. The molecule has 1 aliphatic carbocycles. The highest BCUT2D eigenvalue weighted by Crippen LogP contribution is 2.54. The average molecular weight is 585 g/mol. The summed E-state index contributed by atoms with van der Waals surface area (Å²) in [6, 6.07) is 12.0. The summed E-state index contributed by atoms with van der Waals surface area (Å²) >= 11 is 0. The summed E-state index contributed by atoms with van der Waals surface area (Å²) in [7, 11) is 2.98. The fraction of sp³-hybridized carbons (Fsp3) is 0.500. The smallest absolute Gasteiger partial charge is 0.339 e. The third-order valence-electron chi connectivity index (χ3n) is 7.35. The van der Waals surface area contributed by atoms with Crippen LogP contribution in [0.25, 0.3) is 0 Å². The molecular formula is C32H40O10. The number of hydrogen-bond donors (Lipinski definition) is 2. The first-order chi connectivity index (χ1) is 20.0. The van der Waals surface area contributed by atoms with Gasteiger partial charge in [-0.2, -0.15) is 0 Å². The zero-order chi connectivity index (χ0) is 30.4. The predicted octanol–water partition coefficient (Wildman–Crippen LogP) is 4.94. The van der Waals surface area contributed by atoms with Crippen LogP contribution in [0.4, 0.5) is 0 Å². The molecule has 2 aromatic carbocycles. The van der Waals surface area contributed by atoms with Gasteiger partial charge in [0.1, 0.15) is 29.3 Å². The summed E-state index contributed by atoms with van der Waals surface area (Å²) in [6.07, 6.45) is 2.78. The predicted molar refractivity (Wildman–Crippen MR) is 153 cm³/mol. The highest BCUT2D eigenvalue weighted by atomic mass is 16.8. The lowest BCUT2D eigenvalue weighted by Gasteiger charge is -2.25. The minimum atomic E-state index is -1.10. The highest BCUT2D eigenvalue weighted by molar-refractivity contribution is 5.93. The molecule has 0 radical (unpaired) electrons. The van der Waals surface area contributed by atoms with Crippen LogP contribution in [0.1, 0.15) is 72.2 Å². The molecular weight excluding hydrogens is 544 g/mol. The number of esters is 1. The van der Waals surface area contributed by atoms with Crippen molar-refractivity contribution in [2.75, 3.05) is 21.0 Å². The Labute approximate surface area is 246 Å². The Balaban J connectivity index is 1.57. The molecule has 0 spiro atoms. The van der Waals surface area contributed by atoms with E-state index in [1.807, 2.05) is 19.9 Å². The monoisotopic (exact) mass is 584 g/mol. The molecule has 0 amide bonds. The fourth-order valence-electron chi connectivity index (χ4n) is 5.39. The van der Waals surface area contributed by atoms with Crippen molar-refractivity contribution in [1.29, 1.82) is 0 Å². The molecule has 1 saturated heterocycles. The van der Waals surface area contributed by atoms with Crippen molar-refractivity contribution in [3.63, 3.8) is 0 Å². The number of ether oxygens (including phenoxy) is 6. The van der Waals surface area contributed by atoms with Crippen LogP contribution >= 0.6 is 0 Å². The van der Waals surface area contributed by atoms with Crippen LogP contribution in [-0.4, -0.2) is 73.4 Å². The first kappa shape index (κ1) is 31.5. The van der Waals surface area contributed by atoms with Crippen molar-refractivity contribution in [2.45, 2.75) is 76.2 Å². The summed E-state index contributed by atoms with van der Waals surface area (Å²) in [5.41, 5.74) is 1.11. The maximum atomic E-state index is 13.0. The molecule has 2 aliphatic rings. The van der Waals surface area contributed by atoms with Gasteiger partial charge in [0.25, 0.3) is 0 Å². The SMILES string of the molecule is COCOc1cc(OC)cc(C2CC2C[C@@H]2OC(C)(C)O[C@@H]2C(C=CC[C@H](C)O)OC(=O)c2ccccc2)c1C(=O)O. The number of carboxylic acid groups (broad SMARTS) is 1. The second-order valence-electron chi connectivity index (χ2n) is 11.2. The largest absolute Gasteiger partial charge is 0.497 e. The van der Waals surface area contributed by atoms with Crippen LogP contribution in [0.3, 0.4) is 0 Å². The van der Waals surface area contributed by atoms with Gasteiger partial charge in [0.15, 0.2) is 12.6 Å². The van der Waals surface area contributed by atoms with Gasteiger partial charge >= 0.3 is 11.9 Å². The van der Waals surface area contributed by atoms with Gasteiger partial charge in [-0.25, -0.2) is 9.59 Å². The molecule has 10 heteroatoms. The molecule has 3 unspecified atom stereocenters. The molecule has 42 heavy (non-hydrogen) atoms. The fourth-order valence-corrected chi connectivity index (χ4v) is 5.39. The first-order valence-electron chi connectivity index (χ1n) is 14.1. The Morgan fingerprint density at radius 1 is 1.14 bits per heavy atom. The van der Waals surface area contributed by atoms with Crippen molar-refractivity contribution in [2.24, 2.45) is 5.92 Å². The zero-order valence-electron chi connectivity index (χ0n) is 24.6. The maximum Gasteiger partial charge on any atom is 0.339 e. The number of aliphatic hydroxyl groups excluding tert-OH is 1. The molecule has 1 heterocycles. The van der Waals surface area contributed by atoms with Gasteiger partial charge < -0.3 is 38.6 Å². The zero-order valence-corrected chi connectivity index (χ0v) is 24.6. The molecule has 1 saturated carbocycles. The van der Waals surface area contributed by atoms with Gasteiger partial charge in [0.2, 0.25) is 0 Å². The molecule has 0 aromatic heterocycles. The van der Waals surface area contributed by atoms with E-state index in [-0.39, 0.29) is 29.9 Å². The molecule has 228 valence electrons. The standard InChI is InChI=1S/C32H40O10/c1-19(33)10-9-13-25(40-31(36)20-11-7-6-8-12-20)29-27(41-32(2,3)42-29)15-21-14-23(21)24-16-22(38-5)17-26(39-18-37-4)28(24)30(34)35/h6-9,11-13,16-17,19,21,23,25,27,29,33H,10,14-15,18H2,1-5H3,(H,34,35)/t19-,21?,23?,25?,27-,29+/m0/s1. The summed E-state index contributed by atoms with van der Waals surface area (Å²) in [6.45, 7) is 5.20. The quantitative estimate of drug-likeness (QED) is 0.179. The van der Waals surface area contributed by atoms with E-state index in [9.17, 15) is 19.8 Å². The van der Waals surface area contributed by atoms with Gasteiger partial charge in [-0.05, 0) is 81.7 Å². The van der Waals surface area contributed by atoms with Crippen LogP contribution in [0, 0.1) is 5.92 Å². The topological polar surface area (TPSA) is 130 Å². The van der Waals surface area contributed by atoms with Crippen molar-refractivity contribution < 1.29 is 48.2 Å². The third kappa shape index (κ3) is 7.89.